The number of halogens is 1. The second-order valence-corrected chi connectivity index (χ2v) is 8.49. The summed E-state index contributed by atoms with van der Waals surface area (Å²) in [5, 5.41) is 6.02. The van der Waals surface area contributed by atoms with Crippen molar-refractivity contribution >= 4 is 39.2 Å². The van der Waals surface area contributed by atoms with Crippen molar-refractivity contribution in [3.63, 3.8) is 0 Å². The van der Waals surface area contributed by atoms with E-state index >= 15 is 0 Å². The second kappa shape index (κ2) is 14.0. The average molecular weight is 523 g/mol. The Labute approximate surface area is 204 Å². The van der Waals surface area contributed by atoms with Crippen LogP contribution in [-0.4, -0.2) is 31.3 Å². The molecule has 0 saturated heterocycles. The Bertz CT molecular complexity index is 908. The van der Waals surface area contributed by atoms with Crippen molar-refractivity contribution in [1.82, 2.24) is 10.6 Å². The molecule has 174 valence electrons. The fraction of sp³-hybridized carbons (Fsp3) is 0.417. The number of unbranched alkanes of at least 4 members (excludes halogenated alkanes) is 2. The van der Waals surface area contributed by atoms with Crippen molar-refractivity contribution in [2.45, 2.75) is 46.1 Å². The van der Waals surface area contributed by atoms with Crippen LogP contribution in [0, 0.1) is 0 Å². The van der Waals surface area contributed by atoms with E-state index in [9.17, 15) is 4.79 Å². The third-order valence-corrected chi connectivity index (χ3v) is 5.34. The molecule has 2 rings (SSSR count). The lowest BCUT2D eigenvalue weighted by molar-refractivity contribution is 0.0972. The Morgan fingerprint density at radius 3 is 2.28 bits per heavy atom. The maximum absolute atomic E-state index is 12.8. The molecule has 0 aliphatic heterocycles. The molecule has 2 N–H and O–H groups in total. The summed E-state index contributed by atoms with van der Waals surface area (Å²) < 4.78 is 17.8. The van der Waals surface area contributed by atoms with Crippen LogP contribution in [-0.2, 0) is 6.54 Å². The monoisotopic (exact) mass is 522 g/mol. The quantitative estimate of drug-likeness (QED) is 0.278. The lowest BCUT2D eigenvalue weighted by Gasteiger charge is -2.15. The zero-order valence-corrected chi connectivity index (χ0v) is 21.2. The van der Waals surface area contributed by atoms with Gasteiger partial charge in [-0.25, -0.2) is 0 Å². The van der Waals surface area contributed by atoms with Crippen LogP contribution in [0.5, 0.6) is 17.2 Å². The van der Waals surface area contributed by atoms with Crippen LogP contribution in [0.3, 0.4) is 0 Å². The first-order valence-corrected chi connectivity index (χ1v) is 12.0. The highest BCUT2D eigenvalue weighted by atomic mass is 79.9. The number of thiocarbonyl (C=S) groups is 1. The molecule has 2 aromatic rings. The molecule has 0 aliphatic rings. The van der Waals surface area contributed by atoms with Crippen molar-refractivity contribution in [1.29, 1.82) is 0 Å². The highest BCUT2D eigenvalue weighted by Crippen LogP contribution is 2.28. The summed E-state index contributed by atoms with van der Waals surface area (Å²) in [7, 11) is 1.61. The summed E-state index contributed by atoms with van der Waals surface area (Å²) in [5.41, 5.74) is 1.38. The minimum absolute atomic E-state index is 0.233. The van der Waals surface area contributed by atoms with E-state index in [-0.39, 0.29) is 11.0 Å². The maximum atomic E-state index is 12.8. The number of rotatable bonds is 12. The first-order valence-electron chi connectivity index (χ1n) is 10.8. The summed E-state index contributed by atoms with van der Waals surface area (Å²) >= 11 is 8.72. The molecular weight excluding hydrogens is 492 g/mol. The minimum atomic E-state index is -0.326. The van der Waals surface area contributed by atoms with Gasteiger partial charge in [0, 0.05) is 11.0 Å². The Morgan fingerprint density at radius 1 is 0.969 bits per heavy atom. The van der Waals surface area contributed by atoms with E-state index in [4.69, 9.17) is 26.4 Å². The third-order valence-electron chi connectivity index (χ3n) is 4.61. The highest BCUT2D eigenvalue weighted by molar-refractivity contribution is 9.10. The molecule has 6 nitrogen and oxygen atoms in total. The Hall–Kier alpha value is -2.32. The molecule has 2 aromatic carbocycles. The standard InChI is InChI=1S/C24H31BrN2O4S/c1-4-6-12-30-20-11-9-18(25)15-19(20)23(28)27-24(32)26-16-17-8-10-21(22(14-17)29-3)31-13-7-5-2/h8-11,14-15H,4-7,12-13,16H2,1-3H3,(H2,26,27,28,32). The van der Waals surface area contributed by atoms with Crippen molar-refractivity contribution < 1.29 is 19.0 Å². The lowest BCUT2D eigenvalue weighted by Crippen LogP contribution is -2.39. The van der Waals surface area contributed by atoms with Crippen LogP contribution in [0.4, 0.5) is 0 Å². The Balaban J connectivity index is 1.95. The van der Waals surface area contributed by atoms with Crippen LogP contribution < -0.4 is 24.8 Å². The maximum Gasteiger partial charge on any atom is 0.261 e. The SMILES string of the molecule is CCCCOc1ccc(CNC(=S)NC(=O)c2cc(Br)ccc2OCCCC)cc1OC. The summed E-state index contributed by atoms with van der Waals surface area (Å²) in [6.45, 7) is 5.85. The Morgan fingerprint density at radius 2 is 1.62 bits per heavy atom. The minimum Gasteiger partial charge on any atom is -0.493 e. The van der Waals surface area contributed by atoms with Crippen LogP contribution in [0.25, 0.3) is 0 Å². The fourth-order valence-corrected chi connectivity index (χ4v) is 3.32. The Kier molecular flexibility index (Phi) is 11.3. The molecule has 1 amide bonds. The number of amides is 1. The second-order valence-electron chi connectivity index (χ2n) is 7.17. The smallest absolute Gasteiger partial charge is 0.261 e. The molecule has 0 atom stereocenters. The molecule has 0 aromatic heterocycles. The number of nitrogens with one attached hydrogen (secondary N) is 2. The average Bonchev–Trinajstić information content (AvgIpc) is 2.79. The van der Waals surface area contributed by atoms with Crippen molar-refractivity contribution in [2.24, 2.45) is 0 Å². The predicted molar refractivity (Wildman–Crippen MR) is 135 cm³/mol. The van der Waals surface area contributed by atoms with Crippen LogP contribution in [0.2, 0.25) is 0 Å². The van der Waals surface area contributed by atoms with Gasteiger partial charge in [0.15, 0.2) is 16.6 Å². The van der Waals surface area contributed by atoms with Gasteiger partial charge in [0.2, 0.25) is 0 Å². The van der Waals surface area contributed by atoms with E-state index < -0.39 is 0 Å². The van der Waals surface area contributed by atoms with E-state index in [1.165, 1.54) is 0 Å². The topological polar surface area (TPSA) is 68.8 Å². The molecule has 0 fully saturated rings. The van der Waals surface area contributed by atoms with E-state index in [2.05, 4.69) is 40.4 Å². The van der Waals surface area contributed by atoms with Crippen molar-refractivity contribution in [2.75, 3.05) is 20.3 Å². The first-order chi connectivity index (χ1) is 15.5. The number of ether oxygens (including phenoxy) is 3. The van der Waals surface area contributed by atoms with E-state index in [0.717, 1.165) is 35.7 Å². The number of benzene rings is 2. The third kappa shape index (κ3) is 8.31. The highest BCUT2D eigenvalue weighted by Gasteiger charge is 2.15. The number of carbonyl (C=O) groups excluding carboxylic acids is 1. The molecule has 0 spiro atoms. The van der Waals surface area contributed by atoms with Gasteiger partial charge in [-0.3, -0.25) is 10.1 Å². The molecule has 0 aliphatic carbocycles. The number of carbonyl (C=O) groups is 1. The predicted octanol–water partition coefficient (Wildman–Crippen LogP) is 5.62. The van der Waals surface area contributed by atoms with Crippen molar-refractivity contribution in [3.8, 4) is 17.2 Å². The van der Waals surface area contributed by atoms with E-state index in [1.54, 1.807) is 19.2 Å². The number of methoxy groups -OCH3 is 1. The first kappa shape index (κ1) is 25.9. The largest absolute Gasteiger partial charge is 0.493 e. The van der Waals surface area contributed by atoms with E-state index in [1.807, 2.05) is 24.3 Å². The van der Waals surface area contributed by atoms with Gasteiger partial charge in [0.25, 0.3) is 5.91 Å². The number of hydrogen-bond donors (Lipinski definition) is 2. The van der Waals surface area contributed by atoms with E-state index in [0.29, 0.717) is 42.6 Å². The summed E-state index contributed by atoms with van der Waals surface area (Å²) in [6, 6.07) is 11.1. The molecule has 0 saturated carbocycles. The number of hydrogen-bond acceptors (Lipinski definition) is 5. The molecule has 0 radical (unpaired) electrons. The molecule has 0 unspecified atom stereocenters. The van der Waals surface area contributed by atoms with Gasteiger partial charge >= 0.3 is 0 Å². The normalized spacial score (nSPS) is 10.4. The lowest BCUT2D eigenvalue weighted by atomic mass is 10.2. The molecular formula is C24H31BrN2O4S. The van der Waals surface area contributed by atoms with Crippen LogP contribution in [0.15, 0.2) is 40.9 Å². The molecule has 0 heterocycles. The van der Waals surface area contributed by atoms with Gasteiger partial charge in [0.1, 0.15) is 5.75 Å². The summed E-state index contributed by atoms with van der Waals surface area (Å²) in [5.74, 6) is 1.59. The summed E-state index contributed by atoms with van der Waals surface area (Å²) in [4.78, 5) is 12.8. The molecule has 32 heavy (non-hydrogen) atoms. The summed E-state index contributed by atoms with van der Waals surface area (Å²) in [6.07, 6.45) is 4.00. The van der Waals surface area contributed by atoms with Gasteiger partial charge < -0.3 is 19.5 Å². The van der Waals surface area contributed by atoms with Crippen LogP contribution in [0.1, 0.15) is 55.5 Å². The van der Waals surface area contributed by atoms with Gasteiger partial charge in [-0.1, -0.05) is 48.7 Å². The zero-order chi connectivity index (χ0) is 23.3. The van der Waals surface area contributed by atoms with Gasteiger partial charge in [-0.2, -0.15) is 0 Å². The van der Waals surface area contributed by atoms with Gasteiger partial charge in [-0.15, -0.1) is 0 Å². The van der Waals surface area contributed by atoms with Crippen LogP contribution >= 0.6 is 28.1 Å². The molecule has 8 heteroatoms. The van der Waals surface area contributed by atoms with Gasteiger partial charge in [-0.05, 0) is 61.0 Å². The van der Waals surface area contributed by atoms with Gasteiger partial charge in [0.05, 0.1) is 25.9 Å². The van der Waals surface area contributed by atoms with Crippen molar-refractivity contribution in [3.05, 3.63) is 52.0 Å². The zero-order valence-electron chi connectivity index (χ0n) is 18.8. The molecule has 0 bridgehead atoms. The fourth-order valence-electron chi connectivity index (χ4n) is 2.80.